The first-order valence-corrected chi connectivity index (χ1v) is 5.58. The Balaban J connectivity index is 3.24. The average Bonchev–Trinajstić information content (AvgIpc) is 2.20. The van der Waals surface area contributed by atoms with Gasteiger partial charge in [0.25, 0.3) is 0 Å². The highest BCUT2D eigenvalue weighted by Gasteiger charge is 2.15. The number of carboxylic acid groups (broad SMARTS) is 1. The van der Waals surface area contributed by atoms with Gasteiger partial charge in [-0.25, -0.2) is 4.79 Å². The fraction of sp³-hybridized carbons (Fsp3) is 0.273. The van der Waals surface area contributed by atoms with Crippen LogP contribution in [0.3, 0.4) is 0 Å². The molecule has 0 bridgehead atoms. The summed E-state index contributed by atoms with van der Waals surface area (Å²) in [5.41, 5.74) is 1.17. The van der Waals surface area contributed by atoms with Gasteiger partial charge in [-0.2, -0.15) is 0 Å². The van der Waals surface area contributed by atoms with Crippen LogP contribution in [-0.2, 0) is 4.79 Å². The van der Waals surface area contributed by atoms with E-state index in [4.69, 9.17) is 5.11 Å². The highest BCUT2D eigenvalue weighted by Crippen LogP contribution is 2.26. The van der Waals surface area contributed by atoms with Gasteiger partial charge < -0.3 is 10.4 Å². The Morgan fingerprint density at radius 3 is 2.56 bits per heavy atom. The molecule has 0 heterocycles. The molecule has 4 nitrogen and oxygen atoms in total. The zero-order valence-electron chi connectivity index (χ0n) is 9.00. The van der Waals surface area contributed by atoms with Gasteiger partial charge in [0.2, 0.25) is 5.91 Å². The molecule has 0 radical (unpaired) electrons. The van der Waals surface area contributed by atoms with Gasteiger partial charge in [-0.15, -0.1) is 0 Å². The second kappa shape index (κ2) is 5.12. The molecular formula is C11H12BrNO3. The average molecular weight is 286 g/mol. The Kier molecular flexibility index (Phi) is 4.06. The van der Waals surface area contributed by atoms with E-state index in [0.29, 0.717) is 22.1 Å². The van der Waals surface area contributed by atoms with E-state index in [1.54, 1.807) is 19.9 Å². The molecule has 0 aliphatic heterocycles. The molecule has 0 aromatic heterocycles. The van der Waals surface area contributed by atoms with Crippen LogP contribution in [0, 0.1) is 6.92 Å². The van der Waals surface area contributed by atoms with Gasteiger partial charge in [0.05, 0.1) is 11.3 Å². The molecule has 16 heavy (non-hydrogen) atoms. The Morgan fingerprint density at radius 1 is 1.44 bits per heavy atom. The lowest BCUT2D eigenvalue weighted by Gasteiger charge is -2.11. The highest BCUT2D eigenvalue weighted by atomic mass is 79.9. The van der Waals surface area contributed by atoms with E-state index >= 15 is 0 Å². The van der Waals surface area contributed by atoms with Crippen LogP contribution in [0.1, 0.15) is 29.3 Å². The van der Waals surface area contributed by atoms with E-state index in [2.05, 4.69) is 21.2 Å². The molecule has 1 amide bonds. The summed E-state index contributed by atoms with van der Waals surface area (Å²) in [6.45, 7) is 3.46. The van der Waals surface area contributed by atoms with Crippen molar-refractivity contribution in [1.82, 2.24) is 0 Å². The van der Waals surface area contributed by atoms with Crippen LogP contribution in [0.4, 0.5) is 5.69 Å². The van der Waals surface area contributed by atoms with Crippen molar-refractivity contribution in [2.45, 2.75) is 20.3 Å². The van der Waals surface area contributed by atoms with E-state index in [1.165, 1.54) is 6.07 Å². The Labute approximate surface area is 102 Å². The normalized spacial score (nSPS) is 9.94. The quantitative estimate of drug-likeness (QED) is 0.897. The molecule has 1 aromatic rings. The second-order valence-electron chi connectivity index (χ2n) is 3.35. The summed E-state index contributed by atoms with van der Waals surface area (Å²) in [4.78, 5) is 22.3. The number of nitrogens with one attached hydrogen (secondary N) is 1. The van der Waals surface area contributed by atoms with Crippen LogP contribution in [-0.4, -0.2) is 17.0 Å². The van der Waals surface area contributed by atoms with E-state index < -0.39 is 5.97 Å². The molecule has 1 rings (SSSR count). The van der Waals surface area contributed by atoms with Crippen molar-refractivity contribution < 1.29 is 14.7 Å². The van der Waals surface area contributed by atoms with Crippen LogP contribution in [0.15, 0.2) is 16.6 Å². The van der Waals surface area contributed by atoms with Gasteiger partial charge in [-0.05, 0) is 24.6 Å². The summed E-state index contributed by atoms with van der Waals surface area (Å²) in [6.07, 6.45) is 0.314. The van der Waals surface area contributed by atoms with Crippen molar-refractivity contribution >= 4 is 33.5 Å². The van der Waals surface area contributed by atoms with Gasteiger partial charge in [-0.3, -0.25) is 4.79 Å². The zero-order valence-corrected chi connectivity index (χ0v) is 10.6. The predicted octanol–water partition coefficient (Wildman–Crippen LogP) is 2.80. The zero-order chi connectivity index (χ0) is 12.3. The minimum absolute atomic E-state index is 0.0914. The minimum Gasteiger partial charge on any atom is -0.478 e. The van der Waals surface area contributed by atoms with Crippen molar-refractivity contribution in [2.24, 2.45) is 0 Å². The molecule has 0 spiro atoms. The first-order chi connectivity index (χ1) is 7.45. The van der Waals surface area contributed by atoms with Crippen LogP contribution in [0.5, 0.6) is 0 Å². The lowest BCUT2D eigenvalue weighted by atomic mass is 10.1. The number of carbonyl (C=O) groups excluding carboxylic acids is 1. The Hall–Kier alpha value is -1.36. The van der Waals surface area contributed by atoms with Gasteiger partial charge in [0.15, 0.2) is 0 Å². The summed E-state index contributed by atoms with van der Waals surface area (Å²) in [5, 5.41) is 11.6. The van der Waals surface area contributed by atoms with Gasteiger partial charge >= 0.3 is 5.97 Å². The third-order valence-corrected chi connectivity index (χ3v) is 2.57. The maximum Gasteiger partial charge on any atom is 0.337 e. The smallest absolute Gasteiger partial charge is 0.337 e. The van der Waals surface area contributed by atoms with Gasteiger partial charge in [0, 0.05) is 10.9 Å². The van der Waals surface area contributed by atoms with Crippen LogP contribution >= 0.6 is 15.9 Å². The molecule has 1 aromatic carbocycles. The standard InChI is InChI=1S/C11H12BrNO3/c1-3-9(14)13-10-6(2)4-7(12)5-8(10)11(15)16/h4-5H,3H2,1-2H3,(H,13,14)(H,15,16). The number of carbonyl (C=O) groups is 2. The number of benzene rings is 1. The second-order valence-corrected chi connectivity index (χ2v) is 4.27. The molecule has 0 aliphatic carbocycles. The summed E-state index contributed by atoms with van der Waals surface area (Å²) in [5.74, 6) is -1.26. The third-order valence-electron chi connectivity index (χ3n) is 2.12. The maximum atomic E-state index is 11.3. The molecule has 5 heteroatoms. The SMILES string of the molecule is CCC(=O)Nc1c(C)cc(Br)cc1C(=O)O. The molecular weight excluding hydrogens is 274 g/mol. The van der Waals surface area contributed by atoms with E-state index in [1.807, 2.05) is 0 Å². The lowest BCUT2D eigenvalue weighted by Crippen LogP contribution is -2.14. The molecule has 0 saturated heterocycles. The molecule has 0 fully saturated rings. The number of rotatable bonds is 3. The van der Waals surface area contributed by atoms with Crippen LogP contribution < -0.4 is 5.32 Å². The third kappa shape index (κ3) is 2.82. The van der Waals surface area contributed by atoms with Crippen molar-refractivity contribution in [3.05, 3.63) is 27.7 Å². The lowest BCUT2D eigenvalue weighted by molar-refractivity contribution is -0.115. The highest BCUT2D eigenvalue weighted by molar-refractivity contribution is 9.10. The number of anilines is 1. The van der Waals surface area contributed by atoms with E-state index in [-0.39, 0.29) is 11.5 Å². The Morgan fingerprint density at radius 2 is 2.06 bits per heavy atom. The van der Waals surface area contributed by atoms with Crippen molar-refractivity contribution in [1.29, 1.82) is 0 Å². The van der Waals surface area contributed by atoms with Crippen LogP contribution in [0.2, 0.25) is 0 Å². The molecule has 0 saturated carbocycles. The van der Waals surface area contributed by atoms with E-state index in [0.717, 1.165) is 0 Å². The van der Waals surface area contributed by atoms with Gasteiger partial charge in [0.1, 0.15) is 0 Å². The maximum absolute atomic E-state index is 11.3. The summed E-state index contributed by atoms with van der Waals surface area (Å²) < 4.78 is 0.678. The fourth-order valence-electron chi connectivity index (χ4n) is 1.31. The number of aryl methyl sites for hydroxylation is 1. The number of halogens is 1. The number of carboxylic acids is 1. The van der Waals surface area contributed by atoms with Crippen molar-refractivity contribution in [3.63, 3.8) is 0 Å². The van der Waals surface area contributed by atoms with Gasteiger partial charge in [-0.1, -0.05) is 22.9 Å². The molecule has 2 N–H and O–H groups in total. The molecule has 0 unspecified atom stereocenters. The van der Waals surface area contributed by atoms with E-state index in [9.17, 15) is 9.59 Å². The fourth-order valence-corrected chi connectivity index (χ4v) is 1.88. The molecule has 0 atom stereocenters. The van der Waals surface area contributed by atoms with Crippen molar-refractivity contribution in [2.75, 3.05) is 5.32 Å². The Bertz CT molecular complexity index is 443. The molecule has 0 aliphatic rings. The predicted molar refractivity (Wildman–Crippen MR) is 64.8 cm³/mol. The largest absolute Gasteiger partial charge is 0.478 e. The number of hydrogen-bond donors (Lipinski definition) is 2. The first-order valence-electron chi connectivity index (χ1n) is 4.79. The number of aromatic carboxylic acids is 1. The number of hydrogen-bond acceptors (Lipinski definition) is 2. The first kappa shape index (κ1) is 12.7. The monoisotopic (exact) mass is 285 g/mol. The summed E-state index contributed by atoms with van der Waals surface area (Å²) in [7, 11) is 0. The summed E-state index contributed by atoms with van der Waals surface area (Å²) in [6, 6.07) is 3.23. The summed E-state index contributed by atoms with van der Waals surface area (Å²) >= 11 is 3.22. The molecule has 86 valence electrons. The minimum atomic E-state index is -1.06. The van der Waals surface area contributed by atoms with Crippen molar-refractivity contribution in [3.8, 4) is 0 Å². The topological polar surface area (TPSA) is 66.4 Å². The van der Waals surface area contributed by atoms with Crippen LogP contribution in [0.25, 0.3) is 0 Å². The number of amides is 1.